The molecule has 3 rings (SSSR count). The number of hydrogen-bond acceptors (Lipinski definition) is 4. The summed E-state index contributed by atoms with van der Waals surface area (Å²) in [5.41, 5.74) is 1.76. The molecular weight excluding hydrogens is 414 g/mol. The fourth-order valence-corrected chi connectivity index (χ4v) is 4.27. The highest BCUT2D eigenvalue weighted by Gasteiger charge is 2.26. The Labute approximate surface area is 189 Å². The highest BCUT2D eigenvalue weighted by atomic mass is 35.5. The molecule has 6 heteroatoms. The SMILES string of the molecule is COc1ccc(CCC2CCCCN2C(=O)CCC(=O)c2ccc(Cl)cc2)cc1OC. The van der Waals surface area contributed by atoms with Crippen LogP contribution >= 0.6 is 11.6 Å². The zero-order valence-electron chi connectivity index (χ0n) is 18.2. The highest BCUT2D eigenvalue weighted by molar-refractivity contribution is 6.30. The third kappa shape index (κ3) is 6.23. The number of Topliss-reactive ketones (excluding diaryl/α,β-unsaturated/α-hetero) is 1. The predicted molar refractivity (Wildman–Crippen MR) is 122 cm³/mol. The predicted octanol–water partition coefficient (Wildman–Crippen LogP) is 5.33. The summed E-state index contributed by atoms with van der Waals surface area (Å²) in [6.07, 6.45) is 5.37. The molecule has 2 aromatic rings. The molecule has 1 unspecified atom stereocenters. The van der Waals surface area contributed by atoms with Crippen molar-refractivity contribution in [2.45, 2.75) is 51.0 Å². The number of benzene rings is 2. The number of methoxy groups -OCH3 is 2. The summed E-state index contributed by atoms with van der Waals surface area (Å²) in [7, 11) is 3.26. The van der Waals surface area contributed by atoms with Crippen molar-refractivity contribution in [3.8, 4) is 11.5 Å². The van der Waals surface area contributed by atoms with Crippen molar-refractivity contribution in [2.24, 2.45) is 0 Å². The van der Waals surface area contributed by atoms with Gasteiger partial charge in [-0.15, -0.1) is 0 Å². The first-order valence-electron chi connectivity index (χ1n) is 10.8. The summed E-state index contributed by atoms with van der Waals surface area (Å²) in [4.78, 5) is 27.3. The normalized spacial score (nSPS) is 16.1. The van der Waals surface area contributed by atoms with Crippen LogP contribution in [-0.4, -0.2) is 43.4 Å². The Bertz CT molecular complexity index is 897. The van der Waals surface area contributed by atoms with Gasteiger partial charge in [-0.1, -0.05) is 17.7 Å². The maximum absolute atomic E-state index is 12.9. The van der Waals surface area contributed by atoms with Crippen LogP contribution in [0.4, 0.5) is 0 Å². The lowest BCUT2D eigenvalue weighted by Gasteiger charge is -2.36. The molecule has 166 valence electrons. The van der Waals surface area contributed by atoms with Crippen LogP contribution in [0.25, 0.3) is 0 Å². The second-order valence-corrected chi connectivity index (χ2v) is 8.33. The molecule has 1 atom stereocenters. The van der Waals surface area contributed by atoms with Crippen molar-refractivity contribution in [1.29, 1.82) is 0 Å². The Morgan fingerprint density at radius 2 is 1.74 bits per heavy atom. The quantitative estimate of drug-likeness (QED) is 0.491. The fourth-order valence-electron chi connectivity index (χ4n) is 4.14. The van der Waals surface area contributed by atoms with Crippen molar-refractivity contribution in [3.05, 3.63) is 58.6 Å². The van der Waals surface area contributed by atoms with E-state index in [1.165, 1.54) is 0 Å². The van der Waals surface area contributed by atoms with Gasteiger partial charge < -0.3 is 14.4 Å². The summed E-state index contributed by atoms with van der Waals surface area (Å²) in [6, 6.07) is 13.0. The second-order valence-electron chi connectivity index (χ2n) is 7.89. The molecule has 0 spiro atoms. The van der Waals surface area contributed by atoms with Crippen LogP contribution in [-0.2, 0) is 11.2 Å². The number of nitrogens with zero attached hydrogens (tertiary/aromatic N) is 1. The summed E-state index contributed by atoms with van der Waals surface area (Å²) >= 11 is 5.88. The molecule has 31 heavy (non-hydrogen) atoms. The number of hydrogen-bond donors (Lipinski definition) is 0. The van der Waals surface area contributed by atoms with Gasteiger partial charge in [0.1, 0.15) is 0 Å². The first-order chi connectivity index (χ1) is 15.0. The Balaban J connectivity index is 1.56. The smallest absolute Gasteiger partial charge is 0.223 e. The lowest BCUT2D eigenvalue weighted by Crippen LogP contribution is -2.44. The van der Waals surface area contributed by atoms with Crippen LogP contribution in [0.1, 0.15) is 54.4 Å². The maximum atomic E-state index is 12.9. The van der Waals surface area contributed by atoms with E-state index in [9.17, 15) is 9.59 Å². The van der Waals surface area contributed by atoms with Crippen LogP contribution < -0.4 is 9.47 Å². The van der Waals surface area contributed by atoms with Crippen LogP contribution in [0.5, 0.6) is 11.5 Å². The Morgan fingerprint density at radius 3 is 2.45 bits per heavy atom. The third-order valence-corrected chi connectivity index (χ3v) is 6.15. The average Bonchev–Trinajstić information content (AvgIpc) is 2.81. The van der Waals surface area contributed by atoms with E-state index >= 15 is 0 Å². The van der Waals surface area contributed by atoms with E-state index in [2.05, 4.69) is 0 Å². The number of halogens is 1. The van der Waals surface area contributed by atoms with Gasteiger partial charge in [-0.05, 0) is 74.1 Å². The number of ether oxygens (including phenoxy) is 2. The van der Waals surface area contributed by atoms with Gasteiger partial charge in [0.05, 0.1) is 14.2 Å². The number of likely N-dealkylation sites (tertiary alicyclic amines) is 1. The van der Waals surface area contributed by atoms with E-state index in [0.29, 0.717) is 16.3 Å². The molecule has 1 amide bonds. The molecule has 1 aliphatic rings. The van der Waals surface area contributed by atoms with Crippen molar-refractivity contribution in [3.63, 3.8) is 0 Å². The third-order valence-electron chi connectivity index (χ3n) is 5.89. The average molecular weight is 444 g/mol. The van der Waals surface area contributed by atoms with Crippen LogP contribution in [0.2, 0.25) is 5.02 Å². The Hall–Kier alpha value is -2.53. The summed E-state index contributed by atoms with van der Waals surface area (Å²) in [5.74, 6) is 1.48. The molecule has 2 aromatic carbocycles. The number of ketones is 1. The van der Waals surface area contributed by atoms with Gasteiger partial charge in [-0.3, -0.25) is 9.59 Å². The van der Waals surface area contributed by atoms with Crippen molar-refractivity contribution < 1.29 is 19.1 Å². The monoisotopic (exact) mass is 443 g/mol. The highest BCUT2D eigenvalue weighted by Crippen LogP contribution is 2.29. The van der Waals surface area contributed by atoms with E-state index in [1.54, 1.807) is 38.5 Å². The Morgan fingerprint density at radius 1 is 1.00 bits per heavy atom. The summed E-state index contributed by atoms with van der Waals surface area (Å²) in [6.45, 7) is 0.768. The molecule has 0 N–H and O–H groups in total. The molecule has 1 heterocycles. The summed E-state index contributed by atoms with van der Waals surface area (Å²) < 4.78 is 10.7. The zero-order chi connectivity index (χ0) is 22.2. The van der Waals surface area contributed by atoms with E-state index in [4.69, 9.17) is 21.1 Å². The largest absolute Gasteiger partial charge is 0.493 e. The summed E-state index contributed by atoms with van der Waals surface area (Å²) in [5, 5.41) is 0.596. The van der Waals surface area contributed by atoms with E-state index < -0.39 is 0 Å². The standard InChI is InChI=1S/C25H30ClNO4/c1-30-23-14-7-18(17-24(23)31-2)6-12-21-5-3-4-16-27(21)25(29)15-13-22(28)19-8-10-20(26)11-9-19/h7-11,14,17,21H,3-6,12-13,15-16H2,1-2H3. The second kappa shape index (κ2) is 11.2. The van der Waals surface area contributed by atoms with Crippen molar-refractivity contribution >= 4 is 23.3 Å². The number of aryl methyl sites for hydroxylation is 1. The number of amides is 1. The minimum absolute atomic E-state index is 0.0242. The van der Waals surface area contributed by atoms with Crippen LogP contribution in [0.3, 0.4) is 0 Å². The van der Waals surface area contributed by atoms with E-state index in [0.717, 1.165) is 50.0 Å². The molecule has 0 bridgehead atoms. The molecule has 1 saturated heterocycles. The van der Waals surface area contributed by atoms with Crippen molar-refractivity contribution in [2.75, 3.05) is 20.8 Å². The molecule has 0 saturated carbocycles. The lowest BCUT2D eigenvalue weighted by molar-refractivity contribution is -0.135. The van der Waals surface area contributed by atoms with Gasteiger partial charge in [0, 0.05) is 36.0 Å². The van der Waals surface area contributed by atoms with E-state index in [1.807, 2.05) is 23.1 Å². The number of carbonyl (C=O) groups excluding carboxylic acids is 2. The number of carbonyl (C=O) groups is 2. The van der Waals surface area contributed by atoms with Gasteiger partial charge in [-0.25, -0.2) is 0 Å². The van der Waals surface area contributed by atoms with Gasteiger partial charge in [0.25, 0.3) is 0 Å². The van der Waals surface area contributed by atoms with Crippen LogP contribution in [0, 0.1) is 0 Å². The molecule has 1 aliphatic heterocycles. The molecule has 0 radical (unpaired) electrons. The van der Waals surface area contributed by atoms with Gasteiger partial charge in [0.2, 0.25) is 5.91 Å². The van der Waals surface area contributed by atoms with Crippen molar-refractivity contribution in [1.82, 2.24) is 4.90 Å². The van der Waals surface area contributed by atoms with Gasteiger partial charge in [-0.2, -0.15) is 0 Å². The minimum atomic E-state index is -0.0242. The lowest BCUT2D eigenvalue weighted by atomic mass is 9.95. The first-order valence-corrected chi connectivity index (χ1v) is 11.2. The molecule has 1 fully saturated rings. The Kier molecular flexibility index (Phi) is 8.35. The zero-order valence-corrected chi connectivity index (χ0v) is 19.0. The molecule has 0 aromatic heterocycles. The molecular formula is C25H30ClNO4. The first kappa shape index (κ1) is 23.1. The molecule has 5 nitrogen and oxygen atoms in total. The van der Waals surface area contributed by atoms with Crippen LogP contribution in [0.15, 0.2) is 42.5 Å². The minimum Gasteiger partial charge on any atom is -0.493 e. The fraction of sp³-hybridized carbons (Fsp3) is 0.440. The van der Waals surface area contributed by atoms with Gasteiger partial charge >= 0.3 is 0 Å². The number of rotatable bonds is 9. The molecule has 0 aliphatic carbocycles. The van der Waals surface area contributed by atoms with E-state index in [-0.39, 0.29) is 30.6 Å². The number of piperidine rings is 1. The topological polar surface area (TPSA) is 55.8 Å². The maximum Gasteiger partial charge on any atom is 0.223 e. The van der Waals surface area contributed by atoms with Gasteiger partial charge in [0.15, 0.2) is 17.3 Å².